The maximum Gasteiger partial charge on any atom is 0.347 e. The molecule has 0 spiro atoms. The number of benzene rings is 3. The van der Waals surface area contributed by atoms with Crippen LogP contribution in [0.4, 0.5) is 0 Å². The molecule has 0 aliphatic carbocycles. The van der Waals surface area contributed by atoms with E-state index in [0.717, 1.165) is 18.2 Å². The topological polar surface area (TPSA) is 180 Å². The van der Waals surface area contributed by atoms with Crippen LogP contribution in [0.1, 0.15) is 47.8 Å². The zero-order valence-corrected chi connectivity index (χ0v) is 19.6. The van der Waals surface area contributed by atoms with Crippen LogP contribution in [0.5, 0.6) is 40.2 Å². The summed E-state index contributed by atoms with van der Waals surface area (Å²) in [6.45, 7) is 4.23. The van der Waals surface area contributed by atoms with E-state index < -0.39 is 40.9 Å². The number of aryl methyl sites for hydroxylation is 2. The SMILES string of the molecule is COc1cc(O)c(O)c(C)c1C(=O)Oc1cc(C)c(C(=O)Oc2cc(C)c(C(=O)O)c(O)c2)c(O)c1. The number of phenolic OH excluding ortho intramolecular Hbond substituents is 3. The predicted molar refractivity (Wildman–Crippen MR) is 124 cm³/mol. The third kappa shape index (κ3) is 4.80. The Kier molecular flexibility index (Phi) is 6.95. The summed E-state index contributed by atoms with van der Waals surface area (Å²) >= 11 is 0. The molecule has 3 aromatic carbocycles. The molecule has 11 nitrogen and oxygen atoms in total. The average Bonchev–Trinajstić information content (AvgIpc) is 2.75. The van der Waals surface area contributed by atoms with E-state index in [4.69, 9.17) is 19.3 Å². The number of aromatic hydroxyl groups is 4. The van der Waals surface area contributed by atoms with Crippen LogP contribution in [0, 0.1) is 20.8 Å². The number of hydrogen-bond donors (Lipinski definition) is 5. The Hall–Kier alpha value is -4.93. The number of hydrogen-bond acceptors (Lipinski definition) is 10. The van der Waals surface area contributed by atoms with Gasteiger partial charge in [0.1, 0.15) is 45.4 Å². The van der Waals surface area contributed by atoms with Crippen LogP contribution in [0.25, 0.3) is 0 Å². The summed E-state index contributed by atoms with van der Waals surface area (Å²) < 4.78 is 15.6. The summed E-state index contributed by atoms with van der Waals surface area (Å²) in [5.41, 5.74) is -0.430. The normalized spacial score (nSPS) is 10.6. The molecule has 3 aromatic rings. The Labute approximate surface area is 204 Å². The lowest BCUT2D eigenvalue weighted by Crippen LogP contribution is -2.14. The first-order chi connectivity index (χ1) is 16.8. The Morgan fingerprint density at radius 2 is 1.14 bits per heavy atom. The molecule has 3 rings (SSSR count). The maximum absolute atomic E-state index is 12.8. The van der Waals surface area contributed by atoms with Gasteiger partial charge in [0.15, 0.2) is 11.5 Å². The Morgan fingerprint density at radius 1 is 0.667 bits per heavy atom. The molecule has 0 aromatic heterocycles. The van der Waals surface area contributed by atoms with Gasteiger partial charge in [0.25, 0.3) is 0 Å². The number of rotatable bonds is 6. The summed E-state index contributed by atoms with van der Waals surface area (Å²) in [5, 5.41) is 49.2. The summed E-state index contributed by atoms with van der Waals surface area (Å²) in [4.78, 5) is 36.7. The zero-order chi connectivity index (χ0) is 26.9. The molecule has 0 heterocycles. The fourth-order valence-corrected chi connectivity index (χ4v) is 3.62. The zero-order valence-electron chi connectivity index (χ0n) is 19.6. The molecule has 0 atom stereocenters. The van der Waals surface area contributed by atoms with Crippen LogP contribution < -0.4 is 14.2 Å². The van der Waals surface area contributed by atoms with Crippen molar-refractivity contribution in [2.24, 2.45) is 0 Å². The van der Waals surface area contributed by atoms with Gasteiger partial charge in [-0.1, -0.05) is 0 Å². The monoisotopic (exact) mass is 498 g/mol. The molecule has 188 valence electrons. The minimum absolute atomic E-state index is 0.00505. The second-order valence-corrected chi connectivity index (χ2v) is 7.80. The standard InChI is InChI=1S/C25H22O11/c1-10-5-13(7-15(26)19(10)23(30)31)35-24(32)20-11(2)6-14(8-16(20)27)36-25(33)21-12(3)22(29)17(28)9-18(21)34-4/h5-9,26-29H,1-4H3,(H,30,31). The molecule has 0 radical (unpaired) electrons. The molecular formula is C25H22O11. The third-order valence-corrected chi connectivity index (χ3v) is 5.33. The van der Waals surface area contributed by atoms with Gasteiger partial charge in [0.2, 0.25) is 0 Å². The van der Waals surface area contributed by atoms with Crippen LogP contribution >= 0.6 is 0 Å². The van der Waals surface area contributed by atoms with E-state index in [2.05, 4.69) is 0 Å². The van der Waals surface area contributed by atoms with Gasteiger partial charge in [-0.15, -0.1) is 0 Å². The number of methoxy groups -OCH3 is 1. The Balaban J connectivity index is 1.88. The number of carboxylic acids is 1. The van der Waals surface area contributed by atoms with Crippen molar-refractivity contribution in [3.05, 3.63) is 63.7 Å². The van der Waals surface area contributed by atoms with Crippen LogP contribution in [0.2, 0.25) is 0 Å². The summed E-state index contributed by atoms with van der Waals surface area (Å²) in [6.07, 6.45) is 0. The molecule has 0 saturated heterocycles. The van der Waals surface area contributed by atoms with Gasteiger partial charge >= 0.3 is 17.9 Å². The molecule has 11 heteroatoms. The smallest absolute Gasteiger partial charge is 0.347 e. The molecule has 5 N–H and O–H groups in total. The van der Waals surface area contributed by atoms with E-state index >= 15 is 0 Å². The molecule has 0 fully saturated rings. The van der Waals surface area contributed by atoms with Crippen molar-refractivity contribution < 1.29 is 54.1 Å². The quantitative estimate of drug-likeness (QED) is 0.190. The molecule has 0 aliphatic heterocycles. The molecule has 0 bridgehead atoms. The molecular weight excluding hydrogens is 476 g/mol. The highest BCUT2D eigenvalue weighted by Crippen LogP contribution is 2.38. The van der Waals surface area contributed by atoms with Gasteiger partial charge in [-0.2, -0.15) is 0 Å². The molecule has 36 heavy (non-hydrogen) atoms. The number of ether oxygens (including phenoxy) is 3. The number of esters is 2. The van der Waals surface area contributed by atoms with Crippen molar-refractivity contribution >= 4 is 17.9 Å². The lowest BCUT2D eigenvalue weighted by molar-refractivity contribution is 0.0689. The van der Waals surface area contributed by atoms with Crippen molar-refractivity contribution in [1.29, 1.82) is 0 Å². The number of phenols is 4. The first-order valence-corrected chi connectivity index (χ1v) is 10.3. The lowest BCUT2D eigenvalue weighted by Gasteiger charge is -2.15. The number of carbonyl (C=O) groups excluding carboxylic acids is 2. The van der Waals surface area contributed by atoms with Crippen molar-refractivity contribution in [2.45, 2.75) is 20.8 Å². The highest BCUT2D eigenvalue weighted by atomic mass is 16.5. The van der Waals surface area contributed by atoms with Crippen molar-refractivity contribution in [2.75, 3.05) is 7.11 Å². The lowest BCUT2D eigenvalue weighted by atomic mass is 10.1. The van der Waals surface area contributed by atoms with Crippen molar-refractivity contribution in [3.8, 4) is 40.2 Å². The van der Waals surface area contributed by atoms with Gasteiger partial charge in [0.05, 0.1) is 7.11 Å². The Bertz CT molecular complexity index is 1360. The second kappa shape index (κ2) is 9.74. The van der Waals surface area contributed by atoms with Crippen LogP contribution in [-0.2, 0) is 0 Å². The number of carbonyl (C=O) groups is 3. The van der Waals surface area contributed by atoms with Gasteiger partial charge < -0.3 is 39.7 Å². The van der Waals surface area contributed by atoms with Crippen molar-refractivity contribution in [1.82, 2.24) is 0 Å². The van der Waals surface area contributed by atoms with Gasteiger partial charge in [-0.05, 0) is 44.0 Å². The largest absolute Gasteiger partial charge is 0.507 e. The molecule has 0 saturated carbocycles. The molecule has 0 aliphatic rings. The van der Waals surface area contributed by atoms with Crippen LogP contribution in [0.15, 0.2) is 30.3 Å². The van der Waals surface area contributed by atoms with E-state index in [1.165, 1.54) is 40.0 Å². The fraction of sp³-hybridized carbons (Fsp3) is 0.160. The van der Waals surface area contributed by atoms with Gasteiger partial charge in [-0.3, -0.25) is 0 Å². The predicted octanol–water partition coefficient (Wildman–Crippen LogP) is 3.58. The molecule has 0 unspecified atom stereocenters. The van der Waals surface area contributed by atoms with Crippen molar-refractivity contribution in [3.63, 3.8) is 0 Å². The highest BCUT2D eigenvalue weighted by Gasteiger charge is 2.25. The summed E-state index contributed by atoms with van der Waals surface area (Å²) in [5.74, 6) is -5.86. The summed E-state index contributed by atoms with van der Waals surface area (Å²) in [7, 11) is 1.26. The average molecular weight is 498 g/mol. The fourth-order valence-electron chi connectivity index (χ4n) is 3.62. The minimum atomic E-state index is -1.35. The highest BCUT2D eigenvalue weighted by molar-refractivity contribution is 5.98. The van der Waals surface area contributed by atoms with E-state index in [9.17, 15) is 34.8 Å². The molecule has 0 amide bonds. The minimum Gasteiger partial charge on any atom is -0.507 e. The van der Waals surface area contributed by atoms with E-state index in [0.29, 0.717) is 0 Å². The van der Waals surface area contributed by atoms with E-state index in [-0.39, 0.29) is 50.6 Å². The van der Waals surface area contributed by atoms with Crippen LogP contribution in [0.3, 0.4) is 0 Å². The first-order valence-electron chi connectivity index (χ1n) is 10.3. The third-order valence-electron chi connectivity index (χ3n) is 5.33. The van der Waals surface area contributed by atoms with E-state index in [1.54, 1.807) is 0 Å². The van der Waals surface area contributed by atoms with Crippen LogP contribution in [-0.4, -0.2) is 50.6 Å². The second-order valence-electron chi connectivity index (χ2n) is 7.80. The van der Waals surface area contributed by atoms with E-state index in [1.807, 2.05) is 0 Å². The Morgan fingerprint density at radius 3 is 1.58 bits per heavy atom. The first kappa shape index (κ1) is 25.7. The maximum atomic E-state index is 12.8. The van der Waals surface area contributed by atoms with Gasteiger partial charge in [0, 0.05) is 23.8 Å². The number of aromatic carboxylic acids is 1. The summed E-state index contributed by atoms with van der Waals surface area (Å²) in [6, 6.07) is 5.53. The van der Waals surface area contributed by atoms with Gasteiger partial charge in [-0.25, -0.2) is 14.4 Å². The number of carboxylic acid groups (broad SMARTS) is 1.